The molecule has 0 radical (unpaired) electrons. The molecule has 154 valence electrons. The second-order valence-electron chi connectivity index (χ2n) is 7.33. The summed E-state index contributed by atoms with van der Waals surface area (Å²) in [6.45, 7) is 3.48. The van der Waals surface area contributed by atoms with Gasteiger partial charge in [-0.25, -0.2) is 4.98 Å². The Balaban J connectivity index is 1.60. The van der Waals surface area contributed by atoms with Crippen molar-refractivity contribution in [2.75, 3.05) is 18.0 Å². The number of nitrogens with one attached hydrogen (secondary N) is 1. The average molecular weight is 426 g/mol. The zero-order valence-electron chi connectivity index (χ0n) is 16.3. The fourth-order valence-electron chi connectivity index (χ4n) is 3.77. The van der Waals surface area contributed by atoms with Crippen molar-refractivity contribution in [3.63, 3.8) is 0 Å². The first kappa shape index (κ1) is 18.8. The van der Waals surface area contributed by atoms with Crippen LogP contribution in [0.15, 0.2) is 30.6 Å². The Morgan fingerprint density at radius 1 is 1.43 bits per heavy atom. The molecular formula is C20H20ClN7O2. The number of nitrogens with two attached hydrogens (primary N) is 1. The number of nitrogens with zero attached hydrogens (tertiary/aromatic N) is 5. The lowest BCUT2D eigenvalue weighted by Gasteiger charge is -2.18. The number of aromatic amines is 1. The van der Waals surface area contributed by atoms with Crippen LogP contribution in [-0.2, 0) is 6.42 Å². The van der Waals surface area contributed by atoms with E-state index in [1.807, 2.05) is 6.92 Å². The zero-order valence-corrected chi connectivity index (χ0v) is 17.1. The second-order valence-corrected chi connectivity index (χ2v) is 7.71. The van der Waals surface area contributed by atoms with E-state index in [1.165, 1.54) is 6.20 Å². The first-order chi connectivity index (χ1) is 14.5. The van der Waals surface area contributed by atoms with E-state index in [-0.39, 0.29) is 12.1 Å². The van der Waals surface area contributed by atoms with Crippen LogP contribution >= 0.6 is 11.6 Å². The Morgan fingerprint density at radius 2 is 2.30 bits per heavy atom. The summed E-state index contributed by atoms with van der Waals surface area (Å²) in [5, 5.41) is 13.4. The number of pyridine rings is 2. The van der Waals surface area contributed by atoms with Gasteiger partial charge < -0.3 is 25.6 Å². The Hall–Kier alpha value is -3.17. The van der Waals surface area contributed by atoms with Gasteiger partial charge in [-0.15, -0.1) is 0 Å². The summed E-state index contributed by atoms with van der Waals surface area (Å²) in [4.78, 5) is 18.8. The molecule has 1 aliphatic rings. The summed E-state index contributed by atoms with van der Waals surface area (Å²) in [5.74, 6) is 1.06. The third-order valence-corrected chi connectivity index (χ3v) is 5.71. The number of H-pyrrole nitrogens is 1. The molecule has 4 aromatic heterocycles. The Bertz CT molecular complexity index is 1260. The van der Waals surface area contributed by atoms with E-state index in [0.29, 0.717) is 39.8 Å². The number of halogens is 1. The molecule has 30 heavy (non-hydrogen) atoms. The molecule has 0 aliphatic carbocycles. The van der Waals surface area contributed by atoms with Crippen molar-refractivity contribution in [3.8, 4) is 11.8 Å². The van der Waals surface area contributed by atoms with E-state index in [2.05, 4.69) is 24.8 Å². The number of hydrogen-bond acceptors (Lipinski definition) is 7. The average Bonchev–Trinajstić information content (AvgIpc) is 3.31. The summed E-state index contributed by atoms with van der Waals surface area (Å²) in [7, 11) is 0. The Kier molecular flexibility index (Phi) is 4.56. The first-order valence-corrected chi connectivity index (χ1v) is 10.2. The predicted octanol–water partition coefficient (Wildman–Crippen LogP) is 2.69. The van der Waals surface area contributed by atoms with Gasteiger partial charge in [0.15, 0.2) is 11.9 Å². The number of anilines is 1. The van der Waals surface area contributed by atoms with E-state index in [4.69, 9.17) is 22.1 Å². The molecule has 1 saturated heterocycles. The third kappa shape index (κ3) is 3.16. The highest BCUT2D eigenvalue weighted by Crippen LogP contribution is 2.36. The van der Waals surface area contributed by atoms with Crippen molar-refractivity contribution in [2.24, 2.45) is 5.73 Å². The maximum atomic E-state index is 12.0. The van der Waals surface area contributed by atoms with Gasteiger partial charge in [0, 0.05) is 30.9 Å². The monoisotopic (exact) mass is 425 g/mol. The van der Waals surface area contributed by atoms with Gasteiger partial charge in [-0.1, -0.05) is 18.5 Å². The SMILES string of the molecule is CCc1[nH]c2nc(Oc3cnc4ccc[n+]([O-])c4c3)nc(N3CC[C@@H](N)C3)c2c1Cl. The van der Waals surface area contributed by atoms with Gasteiger partial charge in [0.1, 0.15) is 17.0 Å². The van der Waals surface area contributed by atoms with Gasteiger partial charge in [-0.05, 0) is 18.9 Å². The number of aryl methyl sites for hydroxylation is 1. The van der Waals surface area contributed by atoms with Gasteiger partial charge in [0.25, 0.3) is 0 Å². The standard InChI is InChI=1S/C20H20ClN7O2/c1-2-13-17(21)16-18(24-13)25-20(26-19(16)27-7-5-11(22)10-27)30-12-8-15-14(23-9-12)4-3-6-28(15)29/h3-4,6,8-9,11H,2,5,7,10,22H2,1H3,(H,24,25,26)/t11-/m1/s1. The van der Waals surface area contributed by atoms with Crippen molar-refractivity contribution in [1.82, 2.24) is 19.9 Å². The number of hydrogen-bond donors (Lipinski definition) is 2. The van der Waals surface area contributed by atoms with Gasteiger partial charge in [0.05, 0.1) is 22.7 Å². The van der Waals surface area contributed by atoms with Crippen molar-refractivity contribution in [2.45, 2.75) is 25.8 Å². The van der Waals surface area contributed by atoms with E-state index >= 15 is 0 Å². The largest absolute Gasteiger partial charge is 0.618 e. The molecule has 9 nitrogen and oxygen atoms in total. The molecule has 0 aromatic carbocycles. The van der Waals surface area contributed by atoms with Gasteiger partial charge in [-0.3, -0.25) is 0 Å². The van der Waals surface area contributed by atoms with E-state index in [1.54, 1.807) is 24.4 Å². The Labute approximate surface area is 177 Å². The molecule has 1 aliphatic heterocycles. The van der Waals surface area contributed by atoms with Crippen LogP contribution in [0.3, 0.4) is 0 Å². The van der Waals surface area contributed by atoms with Crippen LogP contribution in [0.2, 0.25) is 5.02 Å². The molecule has 1 fully saturated rings. The third-order valence-electron chi connectivity index (χ3n) is 5.30. The summed E-state index contributed by atoms with van der Waals surface area (Å²) in [6.07, 6.45) is 4.57. The van der Waals surface area contributed by atoms with Gasteiger partial charge in [0.2, 0.25) is 5.52 Å². The van der Waals surface area contributed by atoms with Crippen LogP contribution in [-0.4, -0.2) is 39.1 Å². The number of rotatable bonds is 4. The minimum atomic E-state index is 0.0833. The Morgan fingerprint density at radius 3 is 3.07 bits per heavy atom. The van der Waals surface area contributed by atoms with Crippen molar-refractivity contribution >= 4 is 39.5 Å². The molecule has 5 heterocycles. The molecule has 4 aromatic rings. The van der Waals surface area contributed by atoms with E-state index < -0.39 is 0 Å². The molecule has 3 N–H and O–H groups in total. The van der Waals surface area contributed by atoms with Crippen LogP contribution in [0, 0.1) is 5.21 Å². The molecule has 1 atom stereocenters. The highest BCUT2D eigenvalue weighted by atomic mass is 35.5. The summed E-state index contributed by atoms with van der Waals surface area (Å²) in [6, 6.07) is 5.26. The number of fused-ring (bicyclic) bond motifs is 2. The van der Waals surface area contributed by atoms with Gasteiger partial charge >= 0.3 is 6.01 Å². The lowest BCUT2D eigenvalue weighted by molar-refractivity contribution is -0.577. The molecule has 10 heteroatoms. The van der Waals surface area contributed by atoms with Crippen molar-refractivity contribution in [1.29, 1.82) is 0 Å². The number of aromatic nitrogens is 5. The van der Waals surface area contributed by atoms with Crippen LogP contribution in [0.1, 0.15) is 19.0 Å². The molecule has 0 amide bonds. The molecular weight excluding hydrogens is 406 g/mol. The summed E-state index contributed by atoms with van der Waals surface area (Å²) >= 11 is 6.62. The summed E-state index contributed by atoms with van der Waals surface area (Å²) < 4.78 is 6.65. The minimum absolute atomic E-state index is 0.0833. The van der Waals surface area contributed by atoms with Crippen LogP contribution < -0.4 is 20.1 Å². The van der Waals surface area contributed by atoms with Crippen LogP contribution in [0.5, 0.6) is 11.8 Å². The molecule has 0 spiro atoms. The van der Waals surface area contributed by atoms with Crippen molar-refractivity contribution in [3.05, 3.63) is 46.5 Å². The fraction of sp³-hybridized carbons (Fsp3) is 0.300. The fourth-order valence-corrected chi connectivity index (χ4v) is 4.13. The highest BCUT2D eigenvalue weighted by Gasteiger charge is 2.26. The quantitative estimate of drug-likeness (QED) is 0.381. The topological polar surface area (TPSA) is 120 Å². The highest BCUT2D eigenvalue weighted by molar-refractivity contribution is 6.37. The zero-order chi connectivity index (χ0) is 20.8. The minimum Gasteiger partial charge on any atom is -0.618 e. The molecule has 0 saturated carbocycles. The normalized spacial score (nSPS) is 16.6. The predicted molar refractivity (Wildman–Crippen MR) is 114 cm³/mol. The van der Waals surface area contributed by atoms with Crippen molar-refractivity contribution < 1.29 is 9.47 Å². The lowest BCUT2D eigenvalue weighted by Crippen LogP contribution is -2.27. The molecule has 0 bridgehead atoms. The lowest BCUT2D eigenvalue weighted by atomic mass is 10.3. The maximum Gasteiger partial charge on any atom is 0.326 e. The van der Waals surface area contributed by atoms with E-state index in [0.717, 1.165) is 35.2 Å². The summed E-state index contributed by atoms with van der Waals surface area (Å²) in [5.41, 5.74) is 8.58. The van der Waals surface area contributed by atoms with Gasteiger partial charge in [-0.2, -0.15) is 14.7 Å². The number of ether oxygens (including phenoxy) is 1. The maximum absolute atomic E-state index is 12.0. The second kappa shape index (κ2) is 7.26. The molecule has 0 unspecified atom stereocenters. The smallest absolute Gasteiger partial charge is 0.326 e. The van der Waals surface area contributed by atoms with Crippen LogP contribution in [0.25, 0.3) is 22.1 Å². The van der Waals surface area contributed by atoms with Crippen LogP contribution in [0.4, 0.5) is 5.82 Å². The molecule has 5 rings (SSSR count). The van der Waals surface area contributed by atoms with E-state index in [9.17, 15) is 5.21 Å². The first-order valence-electron chi connectivity index (χ1n) is 9.78.